The Morgan fingerprint density at radius 3 is 2.58 bits per heavy atom. The summed E-state index contributed by atoms with van der Waals surface area (Å²) in [6.07, 6.45) is 1.86. The van der Waals surface area contributed by atoms with Gasteiger partial charge in [-0.25, -0.2) is 0 Å². The van der Waals surface area contributed by atoms with Gasteiger partial charge in [0, 0.05) is 20.8 Å². The van der Waals surface area contributed by atoms with E-state index >= 15 is 0 Å². The van der Waals surface area contributed by atoms with Gasteiger partial charge in [0.15, 0.2) is 15.8 Å². The number of thioether (sulfide) groups is 1. The van der Waals surface area contributed by atoms with Gasteiger partial charge in [0.2, 0.25) is 5.13 Å². The summed E-state index contributed by atoms with van der Waals surface area (Å²) in [5, 5.41) is 20.9. The predicted octanol–water partition coefficient (Wildman–Crippen LogP) is 8.06. The fourth-order valence-corrected chi connectivity index (χ4v) is 6.94. The number of carbonyl (C=O) groups is 2. The van der Waals surface area contributed by atoms with Gasteiger partial charge in [-0.1, -0.05) is 100 Å². The number of unbranched alkanes of at least 4 members (excludes halogenated alkanes) is 1. The molecule has 4 aromatic rings. The maximum Gasteiger partial charge on any atom is 0.301 e. The van der Waals surface area contributed by atoms with Crippen molar-refractivity contribution in [1.29, 1.82) is 0 Å². The number of hydrogen-bond acceptors (Lipinski definition) is 9. The van der Waals surface area contributed by atoms with Crippen molar-refractivity contribution in [3.63, 3.8) is 0 Å². The molecule has 12 heteroatoms. The lowest BCUT2D eigenvalue weighted by Crippen LogP contribution is -2.29. The normalized spacial score (nSPS) is 16.1. The van der Waals surface area contributed by atoms with E-state index in [1.807, 2.05) is 24.3 Å². The molecule has 1 atom stereocenters. The van der Waals surface area contributed by atoms with Crippen LogP contribution < -0.4 is 14.4 Å². The summed E-state index contributed by atoms with van der Waals surface area (Å²) in [7, 11) is 1.53. The average molecular weight is 701 g/mol. The number of ether oxygens (including phenoxy) is 2. The predicted molar refractivity (Wildman–Crippen MR) is 173 cm³/mol. The molecule has 1 aromatic heterocycles. The van der Waals surface area contributed by atoms with Crippen LogP contribution in [0.25, 0.3) is 5.76 Å². The van der Waals surface area contributed by atoms with E-state index < -0.39 is 17.7 Å². The SMILES string of the molecule is CCCCOc1ccc(C2/C(=C(/O)c3ccc(Br)cc3)C(=O)C(=O)N2c2nnc(SCc3ccccc3Cl)s2)cc1OC. The van der Waals surface area contributed by atoms with Gasteiger partial charge < -0.3 is 14.6 Å². The van der Waals surface area contributed by atoms with Crippen LogP contribution >= 0.6 is 50.6 Å². The molecule has 1 saturated heterocycles. The Morgan fingerprint density at radius 2 is 1.86 bits per heavy atom. The second-order valence-electron chi connectivity index (χ2n) is 9.52. The molecule has 1 amide bonds. The number of hydrogen-bond donors (Lipinski definition) is 1. The molecule has 222 valence electrons. The highest BCUT2D eigenvalue weighted by atomic mass is 79.9. The number of amides is 1. The van der Waals surface area contributed by atoms with Gasteiger partial charge in [-0.3, -0.25) is 14.5 Å². The number of nitrogens with zero attached hydrogens (tertiary/aromatic N) is 3. The van der Waals surface area contributed by atoms with Crippen LogP contribution in [0.1, 0.15) is 42.5 Å². The number of carbonyl (C=O) groups excluding carboxylic acids is 2. The molecule has 3 aromatic carbocycles. The maximum atomic E-state index is 13.6. The van der Waals surface area contributed by atoms with E-state index in [2.05, 4.69) is 33.1 Å². The highest BCUT2D eigenvalue weighted by Gasteiger charge is 2.48. The van der Waals surface area contributed by atoms with Crippen LogP contribution in [0.15, 0.2) is 81.1 Å². The zero-order valence-corrected chi connectivity index (χ0v) is 27.2. The van der Waals surface area contributed by atoms with Crippen LogP contribution in [-0.2, 0) is 15.3 Å². The van der Waals surface area contributed by atoms with Gasteiger partial charge in [-0.05, 0) is 47.9 Å². The van der Waals surface area contributed by atoms with E-state index in [-0.39, 0.29) is 16.5 Å². The van der Waals surface area contributed by atoms with E-state index in [0.717, 1.165) is 22.9 Å². The number of aliphatic hydroxyl groups is 1. The largest absolute Gasteiger partial charge is 0.507 e. The van der Waals surface area contributed by atoms with E-state index in [9.17, 15) is 14.7 Å². The van der Waals surface area contributed by atoms with Gasteiger partial charge in [0.25, 0.3) is 5.78 Å². The number of rotatable bonds is 11. The third kappa shape index (κ3) is 6.75. The van der Waals surface area contributed by atoms with Crippen molar-refractivity contribution in [3.05, 3.63) is 98.5 Å². The molecule has 1 N–H and O–H groups in total. The molecule has 0 saturated carbocycles. The van der Waals surface area contributed by atoms with Gasteiger partial charge in [0.1, 0.15) is 5.76 Å². The molecule has 8 nitrogen and oxygen atoms in total. The maximum absolute atomic E-state index is 13.6. The molecule has 2 heterocycles. The van der Waals surface area contributed by atoms with Gasteiger partial charge in [-0.2, -0.15) is 0 Å². The highest BCUT2D eigenvalue weighted by Crippen LogP contribution is 2.45. The molecule has 0 radical (unpaired) electrons. The van der Waals surface area contributed by atoms with Crippen molar-refractivity contribution in [2.75, 3.05) is 18.6 Å². The number of Topliss-reactive ketones (excluding diaryl/α,β-unsaturated/α-hetero) is 1. The molecule has 1 aliphatic rings. The van der Waals surface area contributed by atoms with Crippen LogP contribution in [0.2, 0.25) is 5.02 Å². The van der Waals surface area contributed by atoms with Crippen molar-refractivity contribution in [2.45, 2.75) is 35.9 Å². The van der Waals surface area contributed by atoms with Crippen molar-refractivity contribution in [1.82, 2.24) is 10.2 Å². The first kappa shape index (κ1) is 31.1. The number of benzene rings is 3. The number of aliphatic hydroxyl groups excluding tert-OH is 1. The number of halogens is 2. The highest BCUT2D eigenvalue weighted by molar-refractivity contribution is 9.10. The summed E-state index contributed by atoms with van der Waals surface area (Å²) in [5.74, 6) is -0.400. The van der Waals surface area contributed by atoms with E-state index in [1.54, 1.807) is 42.5 Å². The van der Waals surface area contributed by atoms with Crippen LogP contribution in [-0.4, -0.2) is 40.7 Å². The van der Waals surface area contributed by atoms with Crippen LogP contribution in [0.4, 0.5) is 5.13 Å². The summed E-state index contributed by atoms with van der Waals surface area (Å²) >= 11 is 12.3. The molecule has 1 fully saturated rings. The molecule has 5 rings (SSSR count). The molecule has 43 heavy (non-hydrogen) atoms. The fraction of sp³-hybridized carbons (Fsp3) is 0.226. The summed E-state index contributed by atoms with van der Waals surface area (Å²) in [5.41, 5.74) is 1.81. The molecule has 0 bridgehead atoms. The smallest absolute Gasteiger partial charge is 0.301 e. The number of ketones is 1. The summed E-state index contributed by atoms with van der Waals surface area (Å²) in [6.45, 7) is 2.60. The second kappa shape index (κ2) is 13.9. The Morgan fingerprint density at radius 1 is 1.09 bits per heavy atom. The van der Waals surface area contributed by atoms with Crippen LogP contribution in [0.3, 0.4) is 0 Å². The summed E-state index contributed by atoms with van der Waals surface area (Å²) in [4.78, 5) is 28.5. The standard InChI is InChI=1S/C31H27BrClN3O5S2/c1-3-4-15-41-23-14-11-19(16-24(23)40-2)26-25(27(37)18-9-12-21(32)13-10-18)28(38)29(39)36(26)30-34-35-31(43-30)42-17-20-7-5-6-8-22(20)33/h5-14,16,26,37H,3-4,15,17H2,1-2H3/b27-25-. The Hall–Kier alpha value is -3.38. The first-order chi connectivity index (χ1) is 20.8. The molecular weight excluding hydrogens is 674 g/mol. The van der Waals surface area contributed by atoms with E-state index in [4.69, 9.17) is 21.1 Å². The monoisotopic (exact) mass is 699 g/mol. The molecule has 1 unspecified atom stereocenters. The molecule has 1 aliphatic heterocycles. The fourth-order valence-electron chi connectivity index (χ4n) is 4.52. The van der Waals surface area contributed by atoms with E-state index in [0.29, 0.717) is 44.3 Å². The number of anilines is 1. The van der Waals surface area contributed by atoms with E-state index in [1.165, 1.54) is 35.1 Å². The first-order valence-electron chi connectivity index (χ1n) is 13.4. The molecule has 0 aliphatic carbocycles. The van der Waals surface area contributed by atoms with Gasteiger partial charge in [-0.15, -0.1) is 10.2 Å². The Labute approximate surface area is 270 Å². The van der Waals surface area contributed by atoms with Crippen LogP contribution in [0, 0.1) is 0 Å². The number of aromatic nitrogens is 2. The minimum absolute atomic E-state index is 0.0607. The lowest BCUT2D eigenvalue weighted by molar-refractivity contribution is -0.132. The topological polar surface area (TPSA) is 102 Å². The second-order valence-corrected chi connectivity index (χ2v) is 13.0. The Kier molecular flexibility index (Phi) is 10.1. The van der Waals surface area contributed by atoms with Crippen molar-refractivity contribution in [3.8, 4) is 11.5 Å². The zero-order valence-electron chi connectivity index (χ0n) is 23.3. The lowest BCUT2D eigenvalue weighted by Gasteiger charge is -2.23. The summed E-state index contributed by atoms with van der Waals surface area (Å²) < 4.78 is 12.9. The quantitative estimate of drug-likeness (QED) is 0.0419. The van der Waals surface area contributed by atoms with Gasteiger partial charge in [0.05, 0.1) is 25.3 Å². The average Bonchev–Trinajstić information content (AvgIpc) is 3.58. The Balaban J connectivity index is 1.56. The minimum atomic E-state index is -0.989. The van der Waals surface area contributed by atoms with Crippen molar-refractivity contribution in [2.24, 2.45) is 0 Å². The Bertz CT molecular complexity index is 1680. The first-order valence-corrected chi connectivity index (χ1v) is 16.4. The van der Waals surface area contributed by atoms with Crippen LogP contribution in [0.5, 0.6) is 11.5 Å². The molecule has 0 spiro atoms. The van der Waals surface area contributed by atoms with Crippen molar-refractivity contribution < 1.29 is 24.2 Å². The number of methoxy groups -OCH3 is 1. The minimum Gasteiger partial charge on any atom is -0.507 e. The van der Waals surface area contributed by atoms with Gasteiger partial charge >= 0.3 is 5.91 Å². The third-order valence-electron chi connectivity index (χ3n) is 6.73. The third-order valence-corrected chi connectivity index (χ3v) is 9.73. The molecular formula is C31H27BrClN3O5S2. The lowest BCUT2D eigenvalue weighted by atomic mass is 9.95. The summed E-state index contributed by atoms with van der Waals surface area (Å²) in [6, 6.07) is 18.6. The van der Waals surface area contributed by atoms with Crippen molar-refractivity contribution >= 4 is 73.2 Å². The zero-order chi connectivity index (χ0) is 30.5.